The molecule has 0 aromatic carbocycles. The highest BCUT2D eigenvalue weighted by Crippen LogP contribution is 2.71. The van der Waals surface area contributed by atoms with E-state index in [2.05, 4.69) is 27.7 Å². The van der Waals surface area contributed by atoms with E-state index in [4.69, 9.17) is 56.8 Å². The summed E-state index contributed by atoms with van der Waals surface area (Å²) in [5.74, 6) is 2.69. The predicted molar refractivity (Wildman–Crippen MR) is 267 cm³/mol. The standard InChI is InChI=1S/C55H90O25/c1-21-8-13-55(71-18-21)22(2)34-31(80-55)15-28-26-7-6-24-14-25(9-11-53(24,4)27(26)10-12-54(28,34)5)73-51-46(78-50-42(67)39(64)35(60)23(3)72-50)43(68)44(33(17-57)75-51)76-52-47(79-49-41(66)37(62)30(59)20-70-49)45(38(63)32(16-56)74-52)77-48-40(65)36(61)29(58)19-69-48/h21-52,56-68H,6-20H2,1-5H3/t21-,22-,23-,24-,25-,26+,27-,28-,29+,30-,31+,32+,33+,34-,35-,36-,37-,38+,39+,40+,41+,42+,43-,44-,45-,46+,47+,48-,49-,50-,51+,52-,53-,54-,55+/m0/s1. The Morgan fingerprint density at radius 1 is 0.475 bits per heavy atom. The van der Waals surface area contributed by atoms with Crippen LogP contribution >= 0.6 is 0 Å². The van der Waals surface area contributed by atoms with E-state index in [9.17, 15) is 66.4 Å². The molecule has 7 heterocycles. The lowest BCUT2D eigenvalue weighted by atomic mass is 9.44. The Labute approximate surface area is 465 Å². The third kappa shape index (κ3) is 10.6. The van der Waals surface area contributed by atoms with Gasteiger partial charge in [0, 0.05) is 12.3 Å². The van der Waals surface area contributed by atoms with Crippen molar-refractivity contribution in [2.45, 2.75) is 258 Å². The van der Waals surface area contributed by atoms with Gasteiger partial charge in [0.2, 0.25) is 0 Å². The van der Waals surface area contributed by atoms with E-state index in [1.54, 1.807) is 0 Å². The number of aliphatic hydroxyl groups excluding tert-OH is 13. The van der Waals surface area contributed by atoms with Crippen LogP contribution in [0, 0.1) is 52.3 Å². The van der Waals surface area contributed by atoms with E-state index in [1.807, 2.05) is 0 Å². The summed E-state index contributed by atoms with van der Waals surface area (Å²) in [4.78, 5) is 0. The van der Waals surface area contributed by atoms with Crippen molar-refractivity contribution in [3.63, 3.8) is 0 Å². The van der Waals surface area contributed by atoms with Crippen molar-refractivity contribution in [2.24, 2.45) is 52.3 Å². The van der Waals surface area contributed by atoms with E-state index < -0.39 is 180 Å². The third-order valence-electron chi connectivity index (χ3n) is 21.7. The predicted octanol–water partition coefficient (Wildman–Crippen LogP) is -2.78. The molecule has 0 aromatic heterocycles. The lowest BCUT2D eigenvalue weighted by Crippen LogP contribution is -2.68. The molecule has 13 N–H and O–H groups in total. The molecule has 1 spiro atoms. The summed E-state index contributed by atoms with van der Waals surface area (Å²) >= 11 is 0. The van der Waals surface area contributed by atoms with Gasteiger partial charge in [0.15, 0.2) is 37.2 Å². The maximum Gasteiger partial charge on any atom is 0.187 e. The summed E-state index contributed by atoms with van der Waals surface area (Å²) in [6, 6.07) is 0. The molecule has 4 aliphatic carbocycles. The van der Waals surface area contributed by atoms with Crippen molar-refractivity contribution < 1.29 is 123 Å². The van der Waals surface area contributed by atoms with Crippen molar-refractivity contribution in [1.29, 1.82) is 0 Å². The molecule has 0 unspecified atom stereocenters. The second-order valence-electron chi connectivity index (χ2n) is 26.2. The third-order valence-corrected chi connectivity index (χ3v) is 21.7. The van der Waals surface area contributed by atoms with Crippen LogP contribution in [0.4, 0.5) is 0 Å². The van der Waals surface area contributed by atoms with Gasteiger partial charge in [-0.05, 0) is 111 Å². The number of hydrogen-bond donors (Lipinski definition) is 13. The van der Waals surface area contributed by atoms with Gasteiger partial charge in [-0.15, -0.1) is 0 Å². The summed E-state index contributed by atoms with van der Waals surface area (Å²) in [6.45, 7) is 8.99. The van der Waals surface area contributed by atoms with Crippen LogP contribution in [0.15, 0.2) is 0 Å². The van der Waals surface area contributed by atoms with E-state index in [0.717, 1.165) is 58.0 Å². The Morgan fingerprint density at radius 3 is 1.73 bits per heavy atom. The maximum absolute atomic E-state index is 12.6. The Bertz CT molecular complexity index is 2080. The lowest BCUT2D eigenvalue weighted by Gasteiger charge is -2.61. The average Bonchev–Trinajstić information content (AvgIpc) is 4.13. The molecule has 7 saturated heterocycles. The van der Waals surface area contributed by atoms with Gasteiger partial charge >= 0.3 is 0 Å². The Balaban J connectivity index is 0.830. The molecule has 11 aliphatic rings. The zero-order valence-electron chi connectivity index (χ0n) is 46.3. The van der Waals surface area contributed by atoms with Gasteiger partial charge < -0.3 is 123 Å². The highest BCUT2D eigenvalue weighted by atomic mass is 16.8. The van der Waals surface area contributed by atoms with Gasteiger partial charge in [0.25, 0.3) is 0 Å². The van der Waals surface area contributed by atoms with E-state index >= 15 is 0 Å². The van der Waals surface area contributed by atoms with Gasteiger partial charge in [-0.2, -0.15) is 0 Å². The first kappa shape index (κ1) is 60.7. The highest BCUT2D eigenvalue weighted by Gasteiger charge is 2.69. The lowest BCUT2D eigenvalue weighted by molar-refractivity contribution is -0.408. The Morgan fingerprint density at radius 2 is 1.07 bits per heavy atom. The molecule has 0 aromatic rings. The van der Waals surface area contributed by atoms with Crippen LogP contribution in [0.3, 0.4) is 0 Å². The summed E-state index contributed by atoms with van der Waals surface area (Å²) in [7, 11) is 0. The van der Waals surface area contributed by atoms with Crippen LogP contribution in [0.2, 0.25) is 0 Å². The molecular formula is C55H90O25. The fraction of sp³-hybridized carbons (Fsp3) is 1.00. The van der Waals surface area contributed by atoms with Crippen molar-refractivity contribution in [3.8, 4) is 0 Å². The van der Waals surface area contributed by atoms with E-state index in [1.165, 1.54) is 6.92 Å². The average molecular weight is 1150 g/mol. The molecule has 25 nitrogen and oxygen atoms in total. The molecule has 4 saturated carbocycles. The second kappa shape index (κ2) is 23.6. The first-order valence-corrected chi connectivity index (χ1v) is 29.5. The van der Waals surface area contributed by atoms with Crippen LogP contribution in [0.1, 0.15) is 98.8 Å². The largest absolute Gasteiger partial charge is 0.394 e. The normalized spacial score (nSPS) is 58.1. The van der Waals surface area contributed by atoms with Gasteiger partial charge in [-0.3, -0.25) is 0 Å². The zero-order chi connectivity index (χ0) is 57.1. The number of hydrogen-bond acceptors (Lipinski definition) is 25. The van der Waals surface area contributed by atoms with E-state index in [-0.39, 0.29) is 22.9 Å². The van der Waals surface area contributed by atoms with Gasteiger partial charge in [0.1, 0.15) is 104 Å². The highest BCUT2D eigenvalue weighted by molar-refractivity contribution is 5.16. The monoisotopic (exact) mass is 1150 g/mol. The minimum absolute atomic E-state index is 0.0136. The van der Waals surface area contributed by atoms with Crippen molar-refractivity contribution in [3.05, 3.63) is 0 Å². The summed E-state index contributed by atoms with van der Waals surface area (Å²) in [5, 5.41) is 142. The van der Waals surface area contributed by atoms with Crippen LogP contribution in [-0.4, -0.2) is 259 Å². The Hall–Kier alpha value is -1.00. The Kier molecular flexibility index (Phi) is 17.9. The van der Waals surface area contributed by atoms with Crippen LogP contribution in [0.25, 0.3) is 0 Å². The minimum Gasteiger partial charge on any atom is -0.394 e. The van der Waals surface area contributed by atoms with Crippen LogP contribution in [-0.2, 0) is 56.8 Å². The molecule has 11 fully saturated rings. The van der Waals surface area contributed by atoms with Gasteiger partial charge in [-0.1, -0.05) is 27.7 Å². The summed E-state index contributed by atoms with van der Waals surface area (Å²) in [6.07, 6.45) is -29.8. The van der Waals surface area contributed by atoms with Gasteiger partial charge in [0.05, 0.1) is 51.3 Å². The number of ether oxygens (including phenoxy) is 12. The van der Waals surface area contributed by atoms with Crippen molar-refractivity contribution in [2.75, 3.05) is 33.0 Å². The number of fused-ring (bicyclic) bond motifs is 7. The maximum atomic E-state index is 12.6. The summed E-state index contributed by atoms with van der Waals surface area (Å²) < 4.78 is 74.8. The molecule has 7 aliphatic heterocycles. The van der Waals surface area contributed by atoms with Crippen LogP contribution in [0.5, 0.6) is 0 Å². The molecule has 0 bridgehead atoms. The fourth-order valence-corrected chi connectivity index (χ4v) is 17.0. The quantitative estimate of drug-likeness (QED) is 0.0879. The first-order valence-electron chi connectivity index (χ1n) is 29.5. The molecule has 0 radical (unpaired) electrons. The number of rotatable bonds is 12. The molecule has 25 heteroatoms. The van der Waals surface area contributed by atoms with Crippen molar-refractivity contribution in [1.82, 2.24) is 0 Å². The minimum atomic E-state index is -1.93. The topological polar surface area (TPSA) is 374 Å². The molecule has 35 atom stereocenters. The van der Waals surface area contributed by atoms with E-state index in [0.29, 0.717) is 48.3 Å². The first-order chi connectivity index (χ1) is 38.0. The van der Waals surface area contributed by atoms with Crippen molar-refractivity contribution >= 4 is 0 Å². The SMILES string of the molecule is C[C@H]1CC[C@@]2(OC1)O[C@@H]1C[C@H]3[C@@H]4CC[C@H]5C[C@@H](O[C@@H]6O[C@H](CO)[C@H](O[C@@H]7O[C@H](CO)[C@@H](O)[C@H](O[C@@H]8OC[C@@H](O)[C@H](O)[C@H]8O)[C@H]7O[C@@H]7OC[C@H](O)[C@H](O)[C@H]7O)[C@H](O)[C@H]6O[C@@H]6O[C@@H](C)[C@H](O)[C@@H](O)[C@H]6O)CC[C@]5(C)[C@H]4CC[C@]3(C)[C@H]1[C@@H]2C. The smallest absolute Gasteiger partial charge is 0.187 e. The zero-order valence-corrected chi connectivity index (χ0v) is 46.3. The summed E-state index contributed by atoms with van der Waals surface area (Å²) in [5.41, 5.74) is 0.170. The van der Waals surface area contributed by atoms with Crippen LogP contribution < -0.4 is 0 Å². The second-order valence-corrected chi connectivity index (χ2v) is 26.2. The number of aliphatic hydroxyl groups is 13. The molecule has 460 valence electrons. The molecule has 0 amide bonds. The fourth-order valence-electron chi connectivity index (χ4n) is 17.0. The molecule has 11 rings (SSSR count). The molecule has 80 heavy (non-hydrogen) atoms. The molecular weight excluding hydrogens is 1060 g/mol. The van der Waals surface area contributed by atoms with Gasteiger partial charge in [-0.25, -0.2) is 0 Å².